The summed E-state index contributed by atoms with van der Waals surface area (Å²) in [5, 5.41) is 0. The van der Waals surface area contributed by atoms with Crippen LogP contribution < -0.4 is 5.73 Å². The molecular weight excluding hydrogens is 212 g/mol. The molecule has 0 radical (unpaired) electrons. The number of rotatable bonds is 3. The molecule has 2 aromatic rings. The number of primary amides is 1. The zero-order valence-electron chi connectivity index (χ0n) is 9.63. The van der Waals surface area contributed by atoms with E-state index in [0.29, 0.717) is 5.69 Å². The van der Waals surface area contributed by atoms with Gasteiger partial charge in [-0.3, -0.25) is 9.78 Å². The van der Waals surface area contributed by atoms with Crippen LogP contribution in [0.25, 0.3) is 0 Å². The molecule has 1 unspecified atom stereocenters. The van der Waals surface area contributed by atoms with Gasteiger partial charge in [0.25, 0.3) is 0 Å². The Morgan fingerprint density at radius 2 is 2.06 bits per heavy atom. The van der Waals surface area contributed by atoms with E-state index in [1.165, 1.54) is 0 Å². The minimum atomic E-state index is -0.476. The summed E-state index contributed by atoms with van der Waals surface area (Å²) in [5.74, 6) is -0.856. The minimum absolute atomic E-state index is 0.380. The molecule has 2 rings (SSSR count). The fourth-order valence-electron chi connectivity index (χ4n) is 1.88. The quantitative estimate of drug-likeness (QED) is 0.870. The summed E-state index contributed by atoms with van der Waals surface area (Å²) in [4.78, 5) is 15.8. The maximum absolute atomic E-state index is 11.6. The van der Waals surface area contributed by atoms with Crippen molar-refractivity contribution in [2.75, 3.05) is 0 Å². The number of amides is 1. The van der Waals surface area contributed by atoms with Crippen molar-refractivity contribution in [1.29, 1.82) is 0 Å². The summed E-state index contributed by atoms with van der Waals surface area (Å²) in [6, 6.07) is 13.3. The number of carbonyl (C=O) groups excluding carboxylic acids is 1. The van der Waals surface area contributed by atoms with Crippen LogP contribution in [0.4, 0.5) is 0 Å². The van der Waals surface area contributed by atoms with E-state index in [1.807, 2.05) is 49.4 Å². The second-order valence-electron chi connectivity index (χ2n) is 4.00. The van der Waals surface area contributed by atoms with E-state index in [2.05, 4.69) is 4.98 Å². The molecule has 1 amide bonds. The van der Waals surface area contributed by atoms with Crippen LogP contribution >= 0.6 is 0 Å². The number of carbonyl (C=O) groups is 1. The van der Waals surface area contributed by atoms with E-state index in [-0.39, 0.29) is 5.91 Å². The van der Waals surface area contributed by atoms with Gasteiger partial charge in [0.05, 0.1) is 5.69 Å². The summed E-state index contributed by atoms with van der Waals surface area (Å²) >= 11 is 0. The van der Waals surface area contributed by atoms with Crippen LogP contribution in [0.3, 0.4) is 0 Å². The molecule has 0 aliphatic carbocycles. The monoisotopic (exact) mass is 226 g/mol. The standard InChI is InChI=1S/C14H14N2O/c1-10-5-4-6-11(9-10)13(14(15)17)12-7-2-3-8-16-12/h2-9,13H,1H3,(H2,15,17). The van der Waals surface area contributed by atoms with Crippen molar-refractivity contribution in [2.24, 2.45) is 5.73 Å². The second kappa shape index (κ2) is 4.78. The maximum atomic E-state index is 11.6. The minimum Gasteiger partial charge on any atom is -0.369 e. The van der Waals surface area contributed by atoms with Gasteiger partial charge in [-0.2, -0.15) is 0 Å². The molecule has 17 heavy (non-hydrogen) atoms. The number of nitrogens with zero attached hydrogens (tertiary/aromatic N) is 1. The molecule has 3 nitrogen and oxygen atoms in total. The van der Waals surface area contributed by atoms with Crippen LogP contribution in [0.1, 0.15) is 22.7 Å². The number of hydrogen-bond acceptors (Lipinski definition) is 2. The van der Waals surface area contributed by atoms with Crippen molar-refractivity contribution < 1.29 is 4.79 Å². The summed E-state index contributed by atoms with van der Waals surface area (Å²) in [6.07, 6.45) is 1.67. The summed E-state index contributed by atoms with van der Waals surface area (Å²) in [7, 11) is 0. The van der Waals surface area contributed by atoms with Crippen molar-refractivity contribution in [3.63, 3.8) is 0 Å². The second-order valence-corrected chi connectivity index (χ2v) is 4.00. The van der Waals surface area contributed by atoms with Crippen molar-refractivity contribution in [1.82, 2.24) is 4.98 Å². The van der Waals surface area contributed by atoms with Gasteiger partial charge in [0.15, 0.2) is 0 Å². The molecule has 0 bridgehead atoms. The molecule has 1 atom stereocenters. The van der Waals surface area contributed by atoms with Crippen molar-refractivity contribution in [2.45, 2.75) is 12.8 Å². The molecule has 0 saturated carbocycles. The van der Waals surface area contributed by atoms with Crippen LogP contribution in [0, 0.1) is 6.92 Å². The zero-order valence-corrected chi connectivity index (χ0v) is 9.63. The maximum Gasteiger partial charge on any atom is 0.231 e. The van der Waals surface area contributed by atoms with Crippen molar-refractivity contribution in [3.8, 4) is 0 Å². The first-order valence-corrected chi connectivity index (χ1v) is 5.45. The third-order valence-corrected chi connectivity index (χ3v) is 2.64. The molecule has 0 fully saturated rings. The highest BCUT2D eigenvalue weighted by atomic mass is 16.1. The van der Waals surface area contributed by atoms with E-state index >= 15 is 0 Å². The summed E-state index contributed by atoms with van der Waals surface area (Å²) in [6.45, 7) is 1.99. The van der Waals surface area contributed by atoms with Crippen LogP contribution in [0.5, 0.6) is 0 Å². The average molecular weight is 226 g/mol. The average Bonchev–Trinajstić information content (AvgIpc) is 2.30. The largest absolute Gasteiger partial charge is 0.369 e. The lowest BCUT2D eigenvalue weighted by Gasteiger charge is -2.13. The lowest BCUT2D eigenvalue weighted by Crippen LogP contribution is -2.23. The number of aryl methyl sites for hydroxylation is 1. The number of pyridine rings is 1. The first-order chi connectivity index (χ1) is 8.18. The lowest BCUT2D eigenvalue weighted by molar-refractivity contribution is -0.118. The van der Waals surface area contributed by atoms with E-state index in [9.17, 15) is 4.79 Å². The molecule has 86 valence electrons. The molecule has 2 N–H and O–H groups in total. The van der Waals surface area contributed by atoms with Crippen LogP contribution in [0.15, 0.2) is 48.7 Å². The summed E-state index contributed by atoms with van der Waals surface area (Å²) in [5.41, 5.74) is 8.14. The van der Waals surface area contributed by atoms with Gasteiger partial charge in [-0.1, -0.05) is 35.9 Å². The van der Waals surface area contributed by atoms with Gasteiger partial charge in [0.1, 0.15) is 5.92 Å². The Hall–Kier alpha value is -2.16. The van der Waals surface area contributed by atoms with E-state index in [4.69, 9.17) is 5.73 Å². The first-order valence-electron chi connectivity index (χ1n) is 5.45. The van der Waals surface area contributed by atoms with Gasteiger partial charge in [-0.25, -0.2) is 0 Å². The van der Waals surface area contributed by atoms with E-state index < -0.39 is 5.92 Å². The number of nitrogens with two attached hydrogens (primary N) is 1. The smallest absolute Gasteiger partial charge is 0.231 e. The molecule has 0 saturated heterocycles. The van der Waals surface area contributed by atoms with Gasteiger partial charge >= 0.3 is 0 Å². The third kappa shape index (κ3) is 2.50. The van der Waals surface area contributed by atoms with E-state index in [0.717, 1.165) is 11.1 Å². The van der Waals surface area contributed by atoms with Crippen molar-refractivity contribution >= 4 is 5.91 Å². The Morgan fingerprint density at radius 1 is 1.24 bits per heavy atom. The first kappa shape index (κ1) is 11.3. The Bertz CT molecular complexity index is 523. The van der Waals surface area contributed by atoms with Gasteiger partial charge in [0.2, 0.25) is 5.91 Å². The molecule has 0 aliphatic rings. The molecular formula is C14H14N2O. The number of aromatic nitrogens is 1. The van der Waals surface area contributed by atoms with Crippen molar-refractivity contribution in [3.05, 3.63) is 65.5 Å². The number of hydrogen-bond donors (Lipinski definition) is 1. The fraction of sp³-hybridized carbons (Fsp3) is 0.143. The predicted molar refractivity (Wildman–Crippen MR) is 66.5 cm³/mol. The topological polar surface area (TPSA) is 56.0 Å². The molecule has 1 aromatic heterocycles. The SMILES string of the molecule is Cc1cccc(C(C(N)=O)c2ccccn2)c1. The summed E-state index contributed by atoms with van der Waals surface area (Å²) < 4.78 is 0. The predicted octanol–water partition coefficient (Wildman–Crippen LogP) is 2.01. The van der Waals surface area contributed by atoms with Crippen LogP contribution in [-0.2, 0) is 4.79 Å². The Balaban J connectivity index is 2.47. The third-order valence-electron chi connectivity index (χ3n) is 2.64. The lowest BCUT2D eigenvalue weighted by atomic mass is 9.93. The Labute approximate surface area is 100 Å². The van der Waals surface area contributed by atoms with Gasteiger partial charge in [-0.15, -0.1) is 0 Å². The van der Waals surface area contributed by atoms with Gasteiger partial charge in [-0.05, 0) is 24.6 Å². The normalized spacial score (nSPS) is 12.1. The molecule has 0 aliphatic heterocycles. The Morgan fingerprint density at radius 3 is 2.65 bits per heavy atom. The number of benzene rings is 1. The fourth-order valence-corrected chi connectivity index (χ4v) is 1.88. The van der Waals surface area contributed by atoms with Gasteiger partial charge < -0.3 is 5.73 Å². The molecule has 1 aromatic carbocycles. The molecule has 1 heterocycles. The zero-order chi connectivity index (χ0) is 12.3. The van der Waals surface area contributed by atoms with Crippen LogP contribution in [-0.4, -0.2) is 10.9 Å². The van der Waals surface area contributed by atoms with E-state index in [1.54, 1.807) is 6.20 Å². The van der Waals surface area contributed by atoms with Crippen LogP contribution in [0.2, 0.25) is 0 Å². The molecule has 0 spiro atoms. The Kier molecular flexibility index (Phi) is 3.19. The highest BCUT2D eigenvalue weighted by Gasteiger charge is 2.21. The molecule has 3 heteroatoms. The highest BCUT2D eigenvalue weighted by molar-refractivity contribution is 5.85. The highest BCUT2D eigenvalue weighted by Crippen LogP contribution is 2.23. The van der Waals surface area contributed by atoms with Gasteiger partial charge in [0, 0.05) is 6.20 Å².